The van der Waals surface area contributed by atoms with Crippen LogP contribution in [0.3, 0.4) is 0 Å². The van der Waals surface area contributed by atoms with E-state index in [2.05, 4.69) is 38.6 Å². The first-order valence-corrected chi connectivity index (χ1v) is 16.4. The maximum Gasteiger partial charge on any atom is 0.411 e. The minimum Gasteiger partial charge on any atom is -0.497 e. The number of allylic oxidation sites excluding steroid dienone is 4. The molecule has 1 heterocycles. The molecule has 1 saturated heterocycles. The van der Waals surface area contributed by atoms with Gasteiger partial charge in [-0.1, -0.05) is 55.8 Å². The molecule has 1 saturated carbocycles. The number of carbonyl (C=O) groups excluding carboxylic acids is 2. The normalized spacial score (nSPS) is 26.0. The zero-order valence-electron chi connectivity index (χ0n) is 28.5. The Balaban J connectivity index is 1.49. The molecule has 250 valence electrons. The number of amides is 1. The van der Waals surface area contributed by atoms with Gasteiger partial charge in [-0.3, -0.25) is 14.5 Å². The van der Waals surface area contributed by atoms with Crippen LogP contribution in [0, 0.1) is 17.3 Å². The molecule has 2 aromatic rings. The fraction of sp³-hybridized carbons (Fsp3) is 0.462. The van der Waals surface area contributed by atoms with Gasteiger partial charge in [-0.2, -0.15) is 0 Å². The number of carbonyl (C=O) groups is 3. The van der Waals surface area contributed by atoms with Crippen molar-refractivity contribution in [1.29, 1.82) is 0 Å². The third-order valence-corrected chi connectivity index (χ3v) is 9.94. The van der Waals surface area contributed by atoms with E-state index < -0.39 is 41.1 Å². The number of likely N-dealkylation sites (tertiary alicyclic amines) is 1. The van der Waals surface area contributed by atoms with Crippen LogP contribution >= 0.6 is 0 Å². The number of nitrogens with zero attached hydrogens (tertiary/aromatic N) is 1. The lowest BCUT2D eigenvalue weighted by molar-refractivity contribution is -0.145. The van der Waals surface area contributed by atoms with E-state index in [1.54, 1.807) is 40.9 Å². The van der Waals surface area contributed by atoms with Crippen molar-refractivity contribution >= 4 is 29.2 Å². The largest absolute Gasteiger partial charge is 0.497 e. The number of hydrogen-bond donors (Lipinski definition) is 1. The van der Waals surface area contributed by atoms with Crippen LogP contribution in [0.15, 0.2) is 72.8 Å². The smallest absolute Gasteiger partial charge is 0.411 e. The van der Waals surface area contributed by atoms with E-state index in [-0.39, 0.29) is 37.0 Å². The fourth-order valence-corrected chi connectivity index (χ4v) is 7.11. The van der Waals surface area contributed by atoms with E-state index in [0.717, 1.165) is 28.0 Å². The molecule has 0 bridgehead atoms. The molecule has 6 unspecified atom stereocenters. The summed E-state index contributed by atoms with van der Waals surface area (Å²) in [6, 6.07) is 15.3. The Hall–Kier alpha value is -4.33. The lowest BCUT2D eigenvalue weighted by Gasteiger charge is -2.29. The number of carboxylic acids is 1. The maximum atomic E-state index is 14.1. The molecule has 8 nitrogen and oxygen atoms in total. The molecule has 1 N–H and O–H groups in total. The van der Waals surface area contributed by atoms with E-state index in [1.165, 1.54) is 10.5 Å². The third kappa shape index (κ3) is 6.87. The van der Waals surface area contributed by atoms with Crippen LogP contribution in [-0.2, 0) is 19.1 Å². The predicted octanol–water partition coefficient (Wildman–Crippen LogP) is 7.89. The molecular weight excluding hydrogens is 594 g/mol. The van der Waals surface area contributed by atoms with Crippen molar-refractivity contribution in [2.24, 2.45) is 17.3 Å². The van der Waals surface area contributed by atoms with Gasteiger partial charge in [0.2, 0.25) is 0 Å². The summed E-state index contributed by atoms with van der Waals surface area (Å²) >= 11 is 0. The fourth-order valence-electron chi connectivity index (χ4n) is 7.11. The second-order valence-corrected chi connectivity index (χ2v) is 14.3. The molecule has 2 aliphatic carbocycles. The highest BCUT2D eigenvalue weighted by molar-refractivity contribution is 5.91. The number of fused-ring (bicyclic) bond motifs is 1. The molecule has 0 radical (unpaired) electrons. The van der Waals surface area contributed by atoms with Crippen LogP contribution in [-0.4, -0.2) is 59.3 Å². The van der Waals surface area contributed by atoms with E-state index in [0.29, 0.717) is 12.2 Å². The minimum atomic E-state index is -0.993. The number of methoxy groups -OCH3 is 1. The zero-order valence-corrected chi connectivity index (χ0v) is 28.5. The highest BCUT2D eigenvalue weighted by Crippen LogP contribution is 2.57. The molecule has 2 aromatic carbocycles. The number of carboxylic acid groups (broad SMARTS) is 1. The van der Waals surface area contributed by atoms with Gasteiger partial charge in [0, 0.05) is 23.8 Å². The second kappa shape index (κ2) is 13.1. The van der Waals surface area contributed by atoms with Crippen LogP contribution in [0.5, 0.6) is 5.75 Å². The van der Waals surface area contributed by atoms with Gasteiger partial charge in [0.15, 0.2) is 5.78 Å². The average molecular weight is 642 g/mol. The van der Waals surface area contributed by atoms with Crippen LogP contribution < -0.4 is 4.74 Å². The van der Waals surface area contributed by atoms with Gasteiger partial charge in [0.1, 0.15) is 23.2 Å². The number of ketones is 1. The molecule has 0 aromatic heterocycles. The molecule has 6 atom stereocenters. The summed E-state index contributed by atoms with van der Waals surface area (Å²) in [5.74, 6) is -0.407. The number of rotatable bonds is 10. The highest BCUT2D eigenvalue weighted by Gasteiger charge is 2.60. The quantitative estimate of drug-likeness (QED) is 0.263. The van der Waals surface area contributed by atoms with Crippen molar-refractivity contribution < 1.29 is 33.7 Å². The number of Topliss-reactive ketones (excluding diaryl/α,β-unsaturated/α-hetero) is 1. The number of aliphatic carboxylic acids is 1. The molecule has 0 spiro atoms. The molecule has 5 rings (SSSR count). The SMILES string of the molecule is C=CC1CC1(CC(C)C(=O)C1CC(OC2=CC(c3ccccc3)=C(C)C(C)c3cc(OC)ccc32)CN1C(=O)OC(C)(C)C)C(=O)O. The highest BCUT2D eigenvalue weighted by atomic mass is 16.6. The monoisotopic (exact) mass is 641 g/mol. The Kier molecular flexibility index (Phi) is 9.45. The lowest BCUT2D eigenvalue weighted by atomic mass is 9.85. The van der Waals surface area contributed by atoms with Crippen molar-refractivity contribution in [2.75, 3.05) is 13.7 Å². The lowest BCUT2D eigenvalue weighted by Crippen LogP contribution is -2.45. The van der Waals surface area contributed by atoms with Gasteiger partial charge < -0.3 is 19.3 Å². The summed E-state index contributed by atoms with van der Waals surface area (Å²) in [5.41, 5.74) is 3.51. The molecule has 47 heavy (non-hydrogen) atoms. The predicted molar refractivity (Wildman–Crippen MR) is 182 cm³/mol. The minimum absolute atomic E-state index is 0.0630. The molecule has 1 amide bonds. The molecular formula is C39H47NO7. The van der Waals surface area contributed by atoms with Crippen molar-refractivity contribution in [1.82, 2.24) is 4.90 Å². The summed E-state index contributed by atoms with van der Waals surface area (Å²) in [5, 5.41) is 9.99. The number of hydrogen-bond acceptors (Lipinski definition) is 6. The Morgan fingerprint density at radius 2 is 1.85 bits per heavy atom. The summed E-state index contributed by atoms with van der Waals surface area (Å²) < 4.78 is 18.1. The van der Waals surface area contributed by atoms with Crippen LogP contribution in [0.1, 0.15) is 83.4 Å². The first-order chi connectivity index (χ1) is 22.2. The van der Waals surface area contributed by atoms with Gasteiger partial charge in [-0.05, 0) is 87.4 Å². The molecule has 8 heteroatoms. The van der Waals surface area contributed by atoms with Crippen molar-refractivity contribution in [2.45, 2.75) is 84.5 Å². The van der Waals surface area contributed by atoms with Gasteiger partial charge in [0.05, 0.1) is 25.1 Å². The second-order valence-electron chi connectivity index (χ2n) is 14.3. The van der Waals surface area contributed by atoms with Gasteiger partial charge in [-0.25, -0.2) is 4.79 Å². The first kappa shape index (κ1) is 34.0. The average Bonchev–Trinajstić information content (AvgIpc) is 3.62. The maximum absolute atomic E-state index is 14.1. The first-order valence-electron chi connectivity index (χ1n) is 16.4. The number of benzene rings is 2. The number of ether oxygens (including phenoxy) is 3. The van der Waals surface area contributed by atoms with Crippen LogP contribution in [0.25, 0.3) is 11.3 Å². The summed E-state index contributed by atoms with van der Waals surface area (Å²) in [6.45, 7) is 15.4. The Labute approximate surface area is 278 Å². The third-order valence-electron chi connectivity index (χ3n) is 9.94. The van der Waals surface area contributed by atoms with Gasteiger partial charge >= 0.3 is 12.1 Å². The van der Waals surface area contributed by atoms with Crippen LogP contribution in [0.2, 0.25) is 0 Å². The Morgan fingerprint density at radius 3 is 2.45 bits per heavy atom. The van der Waals surface area contributed by atoms with E-state index in [9.17, 15) is 19.5 Å². The molecule has 3 aliphatic rings. The molecule has 1 aliphatic heterocycles. The zero-order chi connectivity index (χ0) is 34.3. The standard InChI is InChI=1S/C39H47NO7/c1-9-27-21-39(27,36(42)43)20-23(2)35(41)33-18-29(22-40(33)37(44)47-38(5,6)7)46-34-19-31(26-13-11-10-12-14-26)24(3)25(4)32-17-28(45-8)15-16-30(32)34/h9-17,19,23,25,27,29,33H,1,18,20-22H2,2-8H3,(H,42,43). The summed E-state index contributed by atoms with van der Waals surface area (Å²) in [6.07, 6.45) is 3.53. The Morgan fingerprint density at radius 1 is 1.15 bits per heavy atom. The van der Waals surface area contributed by atoms with Crippen LogP contribution in [0.4, 0.5) is 4.79 Å². The summed E-state index contributed by atoms with van der Waals surface area (Å²) in [4.78, 5) is 41.3. The van der Waals surface area contributed by atoms with Crippen molar-refractivity contribution in [3.8, 4) is 5.75 Å². The summed E-state index contributed by atoms with van der Waals surface area (Å²) in [7, 11) is 1.65. The van der Waals surface area contributed by atoms with E-state index >= 15 is 0 Å². The molecule has 2 fully saturated rings. The van der Waals surface area contributed by atoms with E-state index in [1.807, 2.05) is 36.4 Å². The topological polar surface area (TPSA) is 102 Å². The van der Waals surface area contributed by atoms with Gasteiger partial charge in [-0.15, -0.1) is 6.58 Å². The van der Waals surface area contributed by atoms with E-state index in [4.69, 9.17) is 14.2 Å². The Bertz CT molecular complexity index is 1620. The van der Waals surface area contributed by atoms with Crippen molar-refractivity contribution in [3.05, 3.63) is 89.5 Å². The van der Waals surface area contributed by atoms with Crippen molar-refractivity contribution in [3.63, 3.8) is 0 Å². The van der Waals surface area contributed by atoms with Gasteiger partial charge in [0.25, 0.3) is 0 Å².